The van der Waals surface area contributed by atoms with E-state index in [0.29, 0.717) is 31.8 Å². The lowest BCUT2D eigenvalue weighted by Gasteiger charge is -2.26. The largest absolute Gasteiger partial charge is 0.355 e. The zero-order valence-electron chi connectivity index (χ0n) is 20.5. The summed E-state index contributed by atoms with van der Waals surface area (Å²) < 4.78 is 0. The molecule has 1 fully saturated rings. The van der Waals surface area contributed by atoms with Gasteiger partial charge in [-0.1, -0.05) is 56.7 Å². The van der Waals surface area contributed by atoms with E-state index in [9.17, 15) is 9.59 Å². The first kappa shape index (κ1) is 25.0. The van der Waals surface area contributed by atoms with E-state index in [1.165, 1.54) is 24.8 Å². The molecule has 1 heterocycles. The van der Waals surface area contributed by atoms with Crippen molar-refractivity contribution in [3.05, 3.63) is 65.2 Å². The number of benzene rings is 2. The number of anilines is 1. The van der Waals surface area contributed by atoms with Crippen LogP contribution in [-0.4, -0.2) is 42.9 Å². The second kappa shape index (κ2) is 12.5. The molecule has 0 atom stereocenters. The first-order valence-electron chi connectivity index (χ1n) is 12.3. The molecule has 1 N–H and O–H groups in total. The standard InChI is InChI=1S/C28H39N3O2/c1-22(2)19-28(33)31(21-25-10-6-5-9-23(25)3)26-13-11-24(12-14-26)20-27(32)29-15-18-30-16-7-4-8-17-30/h5-6,9-14,22H,4,7-8,15-21H2,1-3H3,(H,29,32). The third-order valence-corrected chi connectivity index (χ3v) is 6.29. The van der Waals surface area contributed by atoms with Crippen LogP contribution in [0.15, 0.2) is 48.5 Å². The van der Waals surface area contributed by atoms with Gasteiger partial charge >= 0.3 is 0 Å². The van der Waals surface area contributed by atoms with Crippen LogP contribution in [0.25, 0.3) is 0 Å². The summed E-state index contributed by atoms with van der Waals surface area (Å²) in [6.07, 6.45) is 4.72. The molecule has 3 rings (SSSR count). The third-order valence-electron chi connectivity index (χ3n) is 6.29. The maximum Gasteiger partial charge on any atom is 0.227 e. The Kier molecular flexibility index (Phi) is 9.49. The summed E-state index contributed by atoms with van der Waals surface area (Å²) >= 11 is 0. The Bertz CT molecular complexity index is 902. The number of piperidine rings is 1. The van der Waals surface area contributed by atoms with Gasteiger partial charge in [-0.05, 0) is 67.6 Å². The molecule has 1 aliphatic heterocycles. The van der Waals surface area contributed by atoms with E-state index in [1.807, 2.05) is 41.3 Å². The normalized spacial score (nSPS) is 14.3. The lowest BCUT2D eigenvalue weighted by molar-refractivity contribution is -0.121. The lowest BCUT2D eigenvalue weighted by Crippen LogP contribution is -2.38. The minimum absolute atomic E-state index is 0.0485. The van der Waals surface area contributed by atoms with Crippen LogP contribution in [0, 0.1) is 12.8 Å². The molecule has 0 aromatic heterocycles. The second-order valence-electron chi connectivity index (χ2n) is 9.60. The topological polar surface area (TPSA) is 52.7 Å². The Hall–Kier alpha value is -2.66. The number of amides is 2. The number of rotatable bonds is 10. The van der Waals surface area contributed by atoms with Crippen molar-refractivity contribution in [2.24, 2.45) is 5.92 Å². The number of nitrogens with zero attached hydrogens (tertiary/aromatic N) is 2. The molecule has 5 nitrogen and oxygen atoms in total. The molecule has 1 saturated heterocycles. The van der Waals surface area contributed by atoms with E-state index in [4.69, 9.17) is 0 Å². The van der Waals surface area contributed by atoms with E-state index >= 15 is 0 Å². The van der Waals surface area contributed by atoms with Gasteiger partial charge < -0.3 is 15.1 Å². The van der Waals surface area contributed by atoms with Gasteiger partial charge in [-0.3, -0.25) is 9.59 Å². The first-order chi connectivity index (χ1) is 15.9. The summed E-state index contributed by atoms with van der Waals surface area (Å²) in [5.74, 6) is 0.466. The predicted octanol–water partition coefficient (Wildman–Crippen LogP) is 4.72. The van der Waals surface area contributed by atoms with Gasteiger partial charge in [0.2, 0.25) is 11.8 Å². The molecular formula is C28H39N3O2. The maximum atomic E-state index is 13.0. The van der Waals surface area contributed by atoms with Crippen LogP contribution in [0.4, 0.5) is 5.69 Å². The summed E-state index contributed by atoms with van der Waals surface area (Å²) in [7, 11) is 0. The molecule has 178 valence electrons. The van der Waals surface area contributed by atoms with E-state index < -0.39 is 0 Å². The van der Waals surface area contributed by atoms with Gasteiger partial charge in [0.1, 0.15) is 0 Å². The Morgan fingerprint density at radius 2 is 1.70 bits per heavy atom. The number of hydrogen-bond donors (Lipinski definition) is 1. The maximum absolute atomic E-state index is 13.0. The van der Waals surface area contributed by atoms with Gasteiger partial charge in [-0.15, -0.1) is 0 Å². The molecule has 1 aliphatic rings. The molecule has 0 bridgehead atoms. The average Bonchev–Trinajstić information content (AvgIpc) is 2.79. The highest BCUT2D eigenvalue weighted by Crippen LogP contribution is 2.22. The Morgan fingerprint density at radius 1 is 1.00 bits per heavy atom. The fraction of sp³-hybridized carbons (Fsp3) is 0.500. The molecule has 0 aliphatic carbocycles. The van der Waals surface area contributed by atoms with Crippen molar-refractivity contribution in [3.8, 4) is 0 Å². The van der Waals surface area contributed by atoms with Crippen LogP contribution in [-0.2, 0) is 22.6 Å². The summed E-state index contributed by atoms with van der Waals surface area (Å²) in [6.45, 7) is 10.7. The number of nitrogens with one attached hydrogen (secondary N) is 1. The molecule has 0 saturated carbocycles. The lowest BCUT2D eigenvalue weighted by atomic mass is 10.1. The van der Waals surface area contributed by atoms with Crippen LogP contribution in [0.1, 0.15) is 56.2 Å². The van der Waals surface area contributed by atoms with E-state index in [-0.39, 0.29) is 11.8 Å². The quantitative estimate of drug-likeness (QED) is 0.571. The Labute approximate surface area is 199 Å². The van der Waals surface area contributed by atoms with Gasteiger partial charge in [0.15, 0.2) is 0 Å². The molecule has 0 unspecified atom stereocenters. The second-order valence-corrected chi connectivity index (χ2v) is 9.60. The van der Waals surface area contributed by atoms with Crippen LogP contribution in [0.5, 0.6) is 0 Å². The number of carbonyl (C=O) groups excluding carboxylic acids is 2. The number of carbonyl (C=O) groups is 2. The van der Waals surface area contributed by atoms with Crippen molar-refractivity contribution in [3.63, 3.8) is 0 Å². The zero-order valence-corrected chi connectivity index (χ0v) is 20.5. The molecule has 2 amide bonds. The van der Waals surface area contributed by atoms with Crippen molar-refractivity contribution in [2.75, 3.05) is 31.1 Å². The van der Waals surface area contributed by atoms with Crippen molar-refractivity contribution in [1.29, 1.82) is 0 Å². The summed E-state index contributed by atoms with van der Waals surface area (Å²) in [4.78, 5) is 29.7. The summed E-state index contributed by atoms with van der Waals surface area (Å²) in [6, 6.07) is 16.0. The summed E-state index contributed by atoms with van der Waals surface area (Å²) in [5, 5.41) is 3.05. The average molecular weight is 450 g/mol. The zero-order chi connectivity index (χ0) is 23.6. The van der Waals surface area contributed by atoms with Gasteiger partial charge in [0.25, 0.3) is 0 Å². The molecule has 33 heavy (non-hydrogen) atoms. The number of hydrogen-bond acceptors (Lipinski definition) is 3. The first-order valence-corrected chi connectivity index (χ1v) is 12.3. The molecule has 2 aromatic rings. The Balaban J connectivity index is 1.59. The number of aryl methyl sites for hydroxylation is 1. The van der Waals surface area contributed by atoms with Crippen LogP contribution in [0.3, 0.4) is 0 Å². The highest BCUT2D eigenvalue weighted by atomic mass is 16.2. The fourth-order valence-electron chi connectivity index (χ4n) is 4.32. The SMILES string of the molecule is Cc1ccccc1CN(C(=O)CC(C)C)c1ccc(CC(=O)NCCN2CCCCC2)cc1. The summed E-state index contributed by atoms with van der Waals surface area (Å²) in [5.41, 5.74) is 4.16. The molecule has 5 heteroatoms. The van der Waals surface area contributed by atoms with Crippen molar-refractivity contribution in [2.45, 2.75) is 59.4 Å². The van der Waals surface area contributed by atoms with E-state index in [0.717, 1.165) is 36.4 Å². The van der Waals surface area contributed by atoms with Gasteiger partial charge in [0, 0.05) is 25.2 Å². The van der Waals surface area contributed by atoms with Crippen LogP contribution >= 0.6 is 0 Å². The smallest absolute Gasteiger partial charge is 0.227 e. The highest BCUT2D eigenvalue weighted by Gasteiger charge is 2.18. The molecule has 0 spiro atoms. The Morgan fingerprint density at radius 3 is 2.36 bits per heavy atom. The van der Waals surface area contributed by atoms with Crippen molar-refractivity contribution >= 4 is 17.5 Å². The minimum Gasteiger partial charge on any atom is -0.355 e. The third kappa shape index (κ3) is 8.01. The molecular weight excluding hydrogens is 410 g/mol. The van der Waals surface area contributed by atoms with Crippen molar-refractivity contribution in [1.82, 2.24) is 10.2 Å². The fourth-order valence-corrected chi connectivity index (χ4v) is 4.32. The van der Waals surface area contributed by atoms with Gasteiger partial charge in [-0.25, -0.2) is 0 Å². The molecule has 0 radical (unpaired) electrons. The van der Waals surface area contributed by atoms with Crippen LogP contribution < -0.4 is 10.2 Å². The van der Waals surface area contributed by atoms with Crippen molar-refractivity contribution < 1.29 is 9.59 Å². The molecule has 2 aromatic carbocycles. The van der Waals surface area contributed by atoms with Gasteiger partial charge in [0.05, 0.1) is 13.0 Å². The van der Waals surface area contributed by atoms with E-state index in [1.54, 1.807) is 0 Å². The minimum atomic E-state index is 0.0485. The monoisotopic (exact) mass is 449 g/mol. The predicted molar refractivity (Wildman–Crippen MR) is 135 cm³/mol. The number of likely N-dealkylation sites (tertiary alicyclic amines) is 1. The highest BCUT2D eigenvalue weighted by molar-refractivity contribution is 5.93. The van der Waals surface area contributed by atoms with Gasteiger partial charge in [-0.2, -0.15) is 0 Å². The van der Waals surface area contributed by atoms with Crippen LogP contribution in [0.2, 0.25) is 0 Å². The van der Waals surface area contributed by atoms with E-state index in [2.05, 4.69) is 43.1 Å².